The molecule has 0 aliphatic heterocycles. The molecule has 0 radical (unpaired) electrons. The van der Waals surface area contributed by atoms with Crippen molar-refractivity contribution in [2.24, 2.45) is 0 Å². The molecule has 1 rings (SSSR count). The van der Waals surface area contributed by atoms with Crippen molar-refractivity contribution >= 4 is 11.9 Å². The van der Waals surface area contributed by atoms with Crippen LogP contribution in [0.1, 0.15) is 114 Å². The maximum Gasteiger partial charge on any atom is 0.354 e. The van der Waals surface area contributed by atoms with E-state index in [0.29, 0.717) is 39.6 Å². The van der Waals surface area contributed by atoms with Crippen molar-refractivity contribution in [2.45, 2.75) is 105 Å². The fourth-order valence-corrected chi connectivity index (χ4v) is 3.51. The SMILES string of the molecule is CCCCOC(COCC)(OCCCC)OC(=O)c1ccc(C(=O)OC(COCC)(OCCCC)OCCCC)cc1. The first kappa shape index (κ1) is 37.9. The summed E-state index contributed by atoms with van der Waals surface area (Å²) >= 11 is 0. The van der Waals surface area contributed by atoms with Gasteiger partial charge in [0.1, 0.15) is 13.2 Å². The number of carbonyl (C=O) groups excluding carboxylic acids is 2. The van der Waals surface area contributed by atoms with Crippen LogP contribution in [0.25, 0.3) is 0 Å². The molecule has 1 aromatic carbocycles. The molecule has 0 spiro atoms. The number of carbonyl (C=O) groups is 2. The van der Waals surface area contributed by atoms with Crippen LogP contribution in [0.2, 0.25) is 0 Å². The van der Waals surface area contributed by atoms with Crippen LogP contribution in [0.4, 0.5) is 0 Å². The number of esters is 2. The van der Waals surface area contributed by atoms with Crippen LogP contribution in [-0.4, -0.2) is 76.7 Å². The monoisotopic (exact) mass is 598 g/mol. The summed E-state index contributed by atoms with van der Waals surface area (Å²) in [6, 6.07) is 5.95. The first-order valence-electron chi connectivity index (χ1n) is 15.6. The summed E-state index contributed by atoms with van der Waals surface area (Å²) in [6.07, 6.45) is 6.72. The summed E-state index contributed by atoms with van der Waals surface area (Å²) < 4.78 is 46.4. The minimum Gasteiger partial charge on any atom is -0.402 e. The largest absolute Gasteiger partial charge is 0.402 e. The van der Waals surface area contributed by atoms with E-state index < -0.39 is 23.9 Å². The number of benzene rings is 1. The fourth-order valence-electron chi connectivity index (χ4n) is 3.51. The molecule has 1 aromatic rings. The maximum atomic E-state index is 13.2. The van der Waals surface area contributed by atoms with Gasteiger partial charge in [0.05, 0.1) is 37.6 Å². The Morgan fingerprint density at radius 3 is 1.05 bits per heavy atom. The topological polar surface area (TPSA) is 108 Å². The quantitative estimate of drug-likeness (QED) is 0.0653. The second-order valence-electron chi connectivity index (χ2n) is 9.80. The molecule has 0 fully saturated rings. The zero-order chi connectivity index (χ0) is 31.1. The van der Waals surface area contributed by atoms with Crippen LogP contribution in [0.15, 0.2) is 24.3 Å². The standard InChI is InChI=1S/C32H54O10/c1-7-13-21-37-31(25-35-11-5,38-22-14-8-2)41-29(33)27-17-19-28(20-18-27)30(34)42-32(26-36-12-6,39-23-15-9-3)40-24-16-10-4/h17-20H,7-16,21-26H2,1-6H3. The molecule has 0 saturated carbocycles. The molecule has 242 valence electrons. The highest BCUT2D eigenvalue weighted by Gasteiger charge is 2.39. The zero-order valence-electron chi connectivity index (χ0n) is 26.7. The summed E-state index contributed by atoms with van der Waals surface area (Å²) in [5, 5.41) is 0. The minimum atomic E-state index is -1.67. The van der Waals surface area contributed by atoms with E-state index in [-0.39, 0.29) is 24.3 Å². The number of hydrogen-bond acceptors (Lipinski definition) is 10. The first-order valence-corrected chi connectivity index (χ1v) is 15.6. The molecule has 0 saturated heterocycles. The van der Waals surface area contributed by atoms with E-state index in [1.165, 1.54) is 24.3 Å². The number of unbranched alkanes of at least 4 members (excludes halogenated alkanes) is 4. The van der Waals surface area contributed by atoms with Crippen molar-refractivity contribution in [3.8, 4) is 0 Å². The lowest BCUT2D eigenvalue weighted by atomic mass is 10.1. The van der Waals surface area contributed by atoms with E-state index in [9.17, 15) is 9.59 Å². The molecule has 0 atom stereocenters. The van der Waals surface area contributed by atoms with Crippen molar-refractivity contribution in [2.75, 3.05) is 52.9 Å². The smallest absolute Gasteiger partial charge is 0.354 e. The molecule has 0 amide bonds. The molecule has 0 N–H and O–H groups in total. The highest BCUT2D eigenvalue weighted by molar-refractivity contribution is 5.93. The number of hydrogen-bond donors (Lipinski definition) is 0. The molecular weight excluding hydrogens is 544 g/mol. The van der Waals surface area contributed by atoms with E-state index in [1.807, 2.05) is 41.5 Å². The van der Waals surface area contributed by atoms with Crippen LogP contribution >= 0.6 is 0 Å². The van der Waals surface area contributed by atoms with Gasteiger partial charge in [-0.1, -0.05) is 53.4 Å². The van der Waals surface area contributed by atoms with Crippen molar-refractivity contribution in [3.05, 3.63) is 35.4 Å². The molecule has 0 aromatic heterocycles. The Hall–Kier alpha value is -2.08. The molecular formula is C32H54O10. The van der Waals surface area contributed by atoms with Gasteiger partial charge in [-0.05, 0) is 63.8 Å². The molecule has 0 bridgehead atoms. The van der Waals surface area contributed by atoms with Crippen LogP contribution in [0, 0.1) is 0 Å². The van der Waals surface area contributed by atoms with E-state index in [2.05, 4.69) is 0 Å². The maximum absolute atomic E-state index is 13.2. The molecule has 10 nitrogen and oxygen atoms in total. The Kier molecular flexibility index (Phi) is 20.3. The van der Waals surface area contributed by atoms with Gasteiger partial charge in [0.2, 0.25) is 0 Å². The minimum absolute atomic E-state index is 0.0644. The van der Waals surface area contributed by atoms with Gasteiger partial charge in [0.15, 0.2) is 0 Å². The predicted octanol–water partition coefficient (Wildman–Crippen LogP) is 6.65. The summed E-state index contributed by atoms with van der Waals surface area (Å²) in [5.41, 5.74) is 0.425. The van der Waals surface area contributed by atoms with E-state index in [4.69, 9.17) is 37.9 Å². The van der Waals surface area contributed by atoms with Gasteiger partial charge in [-0.15, -0.1) is 0 Å². The van der Waals surface area contributed by atoms with Gasteiger partial charge in [-0.2, -0.15) is 0 Å². The lowest BCUT2D eigenvalue weighted by Crippen LogP contribution is -2.46. The van der Waals surface area contributed by atoms with Gasteiger partial charge >= 0.3 is 23.9 Å². The summed E-state index contributed by atoms with van der Waals surface area (Å²) in [7, 11) is 0. The fraction of sp³-hybridized carbons (Fsp3) is 0.750. The van der Waals surface area contributed by atoms with Crippen molar-refractivity contribution in [3.63, 3.8) is 0 Å². The van der Waals surface area contributed by atoms with Crippen molar-refractivity contribution < 1.29 is 47.5 Å². The second kappa shape index (κ2) is 22.5. The highest BCUT2D eigenvalue weighted by Crippen LogP contribution is 2.23. The molecule has 0 aliphatic rings. The van der Waals surface area contributed by atoms with Crippen molar-refractivity contribution in [1.29, 1.82) is 0 Å². The zero-order valence-corrected chi connectivity index (χ0v) is 26.7. The van der Waals surface area contributed by atoms with Crippen molar-refractivity contribution in [1.82, 2.24) is 0 Å². The van der Waals surface area contributed by atoms with Gasteiger partial charge in [-0.3, -0.25) is 0 Å². The molecule has 0 unspecified atom stereocenters. The summed E-state index contributed by atoms with van der Waals surface area (Å²) in [4.78, 5) is 26.4. The van der Waals surface area contributed by atoms with Crippen LogP contribution in [0.5, 0.6) is 0 Å². The lowest BCUT2D eigenvalue weighted by Gasteiger charge is -2.32. The Morgan fingerprint density at radius 2 is 0.810 bits per heavy atom. The first-order chi connectivity index (χ1) is 20.3. The van der Waals surface area contributed by atoms with Crippen LogP contribution in [0.3, 0.4) is 0 Å². The average molecular weight is 599 g/mol. The highest BCUT2D eigenvalue weighted by atomic mass is 16.9. The third kappa shape index (κ3) is 14.4. The number of ether oxygens (including phenoxy) is 8. The van der Waals surface area contributed by atoms with Gasteiger partial charge < -0.3 is 37.9 Å². The van der Waals surface area contributed by atoms with E-state index in [1.54, 1.807) is 0 Å². The average Bonchev–Trinajstić information content (AvgIpc) is 2.99. The molecule has 10 heteroatoms. The normalized spacial score (nSPS) is 12.0. The van der Waals surface area contributed by atoms with Gasteiger partial charge in [0, 0.05) is 13.2 Å². The second-order valence-corrected chi connectivity index (χ2v) is 9.80. The Balaban J connectivity index is 3.11. The lowest BCUT2D eigenvalue weighted by molar-refractivity contribution is -0.372. The molecule has 42 heavy (non-hydrogen) atoms. The Labute approximate surface area is 252 Å². The molecule has 0 aliphatic carbocycles. The van der Waals surface area contributed by atoms with Crippen LogP contribution in [-0.2, 0) is 37.9 Å². The summed E-state index contributed by atoms with van der Waals surface area (Å²) in [6.45, 7) is 13.9. The third-order valence-electron chi connectivity index (χ3n) is 6.10. The summed E-state index contributed by atoms with van der Waals surface area (Å²) in [5.74, 6) is -4.67. The van der Waals surface area contributed by atoms with Gasteiger partial charge in [0.25, 0.3) is 0 Å². The van der Waals surface area contributed by atoms with E-state index in [0.717, 1.165) is 51.4 Å². The Bertz CT molecular complexity index is 753. The number of rotatable bonds is 26. The Morgan fingerprint density at radius 1 is 0.524 bits per heavy atom. The van der Waals surface area contributed by atoms with Crippen LogP contribution < -0.4 is 0 Å². The molecule has 0 heterocycles. The predicted molar refractivity (Wildman–Crippen MR) is 159 cm³/mol. The third-order valence-corrected chi connectivity index (χ3v) is 6.10. The van der Waals surface area contributed by atoms with Gasteiger partial charge in [-0.25, -0.2) is 9.59 Å². The van der Waals surface area contributed by atoms with E-state index >= 15 is 0 Å².